The Kier molecular flexibility index (Phi) is 9.90. The fourth-order valence-electron chi connectivity index (χ4n) is 5.04. The first kappa shape index (κ1) is 27.8. The lowest BCUT2D eigenvalue weighted by atomic mass is 9.85. The average molecular weight is 537 g/mol. The van der Waals surface area contributed by atoms with Crippen LogP contribution >= 0.6 is 11.6 Å². The summed E-state index contributed by atoms with van der Waals surface area (Å²) in [6.45, 7) is 6.80. The molecule has 3 N–H and O–H groups in total. The highest BCUT2D eigenvalue weighted by Crippen LogP contribution is 2.32. The van der Waals surface area contributed by atoms with Gasteiger partial charge in [0.2, 0.25) is 11.8 Å². The Balaban J connectivity index is 1.32. The third-order valence-electron chi connectivity index (χ3n) is 6.83. The quantitative estimate of drug-likeness (QED) is 0.376. The number of allylic oxidation sites excluding steroid dienone is 4. The normalized spacial score (nSPS) is 18.3. The van der Waals surface area contributed by atoms with Crippen molar-refractivity contribution < 1.29 is 9.59 Å². The number of piperidine rings is 1. The highest BCUT2D eigenvalue weighted by atomic mass is 35.5. The third kappa shape index (κ3) is 8.67. The van der Waals surface area contributed by atoms with Crippen LogP contribution in [0.2, 0.25) is 0 Å². The van der Waals surface area contributed by atoms with Crippen LogP contribution in [0.25, 0.3) is 11.4 Å². The van der Waals surface area contributed by atoms with Crippen molar-refractivity contribution in [3.63, 3.8) is 0 Å². The Bertz CT molecular complexity index is 1170. The Labute approximate surface area is 230 Å². The number of benzene rings is 1. The van der Waals surface area contributed by atoms with Crippen LogP contribution in [0.5, 0.6) is 0 Å². The lowest BCUT2D eigenvalue weighted by Gasteiger charge is -2.32. The lowest BCUT2D eigenvalue weighted by molar-refractivity contribution is -0.119. The van der Waals surface area contributed by atoms with Crippen LogP contribution in [0, 0.1) is 11.8 Å². The smallest absolute Gasteiger partial charge is 0.239 e. The molecule has 4 rings (SSSR count). The van der Waals surface area contributed by atoms with Gasteiger partial charge in [0.05, 0.1) is 6.54 Å². The number of nitrogens with zero attached hydrogens (tertiary/aromatic N) is 3. The summed E-state index contributed by atoms with van der Waals surface area (Å²) < 4.78 is 0. The minimum atomic E-state index is -0.0916. The fourth-order valence-corrected chi connectivity index (χ4v) is 5.41. The van der Waals surface area contributed by atoms with Gasteiger partial charge >= 0.3 is 0 Å². The van der Waals surface area contributed by atoms with Gasteiger partial charge in [-0.3, -0.25) is 14.5 Å². The molecule has 1 aromatic heterocycles. The Morgan fingerprint density at radius 3 is 2.53 bits per heavy atom. The first-order valence-electron chi connectivity index (χ1n) is 13.4. The minimum absolute atomic E-state index is 0.0846. The monoisotopic (exact) mass is 536 g/mol. The van der Waals surface area contributed by atoms with E-state index in [2.05, 4.69) is 49.9 Å². The molecule has 2 heterocycles. The molecule has 1 aliphatic heterocycles. The summed E-state index contributed by atoms with van der Waals surface area (Å²) in [6.07, 6.45) is 8.60. The van der Waals surface area contributed by atoms with Crippen LogP contribution in [-0.4, -0.2) is 59.4 Å². The van der Waals surface area contributed by atoms with E-state index >= 15 is 0 Å². The Morgan fingerprint density at radius 2 is 1.82 bits per heavy atom. The number of hydrogen-bond donors (Lipinski definition) is 3. The number of halogens is 1. The highest BCUT2D eigenvalue weighted by Gasteiger charge is 2.23. The molecule has 1 aromatic carbocycles. The third-order valence-corrected chi connectivity index (χ3v) is 7.06. The molecule has 1 aliphatic carbocycles. The SMILES string of the molecule is CC(=O)NCCNc1cc(NC(=O)CN2CCC(CC3=CC(Cl)=CC(C)C3)CC2)nc(-c2ccccc2)n1. The van der Waals surface area contributed by atoms with Crippen LogP contribution in [0.1, 0.15) is 39.5 Å². The Morgan fingerprint density at radius 1 is 1.08 bits per heavy atom. The second-order valence-electron chi connectivity index (χ2n) is 10.2. The number of nitrogens with one attached hydrogen (secondary N) is 3. The molecular weight excluding hydrogens is 500 g/mol. The molecule has 1 saturated heterocycles. The van der Waals surface area contributed by atoms with Crippen molar-refractivity contribution in [3.8, 4) is 11.4 Å². The van der Waals surface area contributed by atoms with Crippen LogP contribution in [0.15, 0.2) is 59.2 Å². The molecule has 0 spiro atoms. The molecule has 2 aromatic rings. The molecule has 8 nitrogen and oxygen atoms in total. The van der Waals surface area contributed by atoms with Gasteiger partial charge in [0.1, 0.15) is 11.6 Å². The molecule has 2 amide bonds. The fraction of sp³-hybridized carbons (Fsp3) is 0.448. The number of carbonyl (C=O) groups is 2. The number of rotatable bonds is 10. The standard InChI is InChI=1S/C29H37ClN6O2/c1-20-14-23(17-25(30)15-20)16-22-8-12-36(13-9-22)19-28(38)33-27-18-26(32-11-10-31-21(2)37)34-29(35-27)24-6-4-3-5-7-24/h3-7,15,17-18,20,22H,8-14,16,19H2,1-2H3,(H,31,37)(H2,32,33,34,35,38). The van der Waals surface area contributed by atoms with Gasteiger partial charge in [-0.15, -0.1) is 0 Å². The average Bonchev–Trinajstić information content (AvgIpc) is 2.87. The van der Waals surface area contributed by atoms with Gasteiger partial charge in [-0.25, -0.2) is 9.97 Å². The minimum Gasteiger partial charge on any atom is -0.368 e. The number of amides is 2. The first-order valence-corrected chi connectivity index (χ1v) is 13.7. The zero-order valence-corrected chi connectivity index (χ0v) is 22.9. The number of aromatic nitrogens is 2. The van der Waals surface area contributed by atoms with Crippen LogP contribution in [0.4, 0.5) is 11.6 Å². The van der Waals surface area contributed by atoms with E-state index in [1.54, 1.807) is 6.07 Å². The molecule has 0 radical (unpaired) electrons. The summed E-state index contributed by atoms with van der Waals surface area (Å²) in [4.78, 5) is 35.5. The van der Waals surface area contributed by atoms with Crippen molar-refractivity contribution in [2.24, 2.45) is 11.8 Å². The van der Waals surface area contributed by atoms with Crippen LogP contribution in [-0.2, 0) is 9.59 Å². The maximum Gasteiger partial charge on any atom is 0.239 e. The molecular formula is C29H37ClN6O2. The predicted molar refractivity (Wildman–Crippen MR) is 153 cm³/mol. The van der Waals surface area contributed by atoms with E-state index in [4.69, 9.17) is 11.6 Å². The second kappa shape index (κ2) is 13.5. The van der Waals surface area contributed by atoms with Crippen molar-refractivity contribution in [1.29, 1.82) is 0 Å². The van der Waals surface area contributed by atoms with E-state index in [9.17, 15) is 9.59 Å². The topological polar surface area (TPSA) is 99.2 Å². The molecule has 2 aliphatic rings. The van der Waals surface area contributed by atoms with Crippen molar-refractivity contribution in [2.75, 3.05) is 43.4 Å². The summed E-state index contributed by atoms with van der Waals surface area (Å²) in [7, 11) is 0. The first-order chi connectivity index (χ1) is 18.3. The van der Waals surface area contributed by atoms with Gasteiger partial charge in [-0.1, -0.05) is 60.5 Å². The number of likely N-dealkylation sites (tertiary alicyclic amines) is 1. The molecule has 0 saturated carbocycles. The van der Waals surface area contributed by atoms with Gasteiger partial charge in [-0.2, -0.15) is 0 Å². The van der Waals surface area contributed by atoms with Gasteiger partial charge in [0.15, 0.2) is 5.82 Å². The van der Waals surface area contributed by atoms with Crippen molar-refractivity contribution in [3.05, 3.63) is 59.2 Å². The van der Waals surface area contributed by atoms with Crippen LogP contribution in [0.3, 0.4) is 0 Å². The zero-order chi connectivity index (χ0) is 26.9. The Hall–Kier alpha value is -3.23. The molecule has 9 heteroatoms. The highest BCUT2D eigenvalue weighted by molar-refractivity contribution is 6.31. The summed E-state index contributed by atoms with van der Waals surface area (Å²) >= 11 is 6.27. The van der Waals surface area contributed by atoms with Gasteiger partial charge in [0.25, 0.3) is 0 Å². The maximum absolute atomic E-state index is 12.9. The van der Waals surface area contributed by atoms with E-state index in [1.807, 2.05) is 30.3 Å². The van der Waals surface area contributed by atoms with Crippen molar-refractivity contribution >= 4 is 35.1 Å². The number of carbonyl (C=O) groups excluding carboxylic acids is 2. The van der Waals surface area contributed by atoms with E-state index < -0.39 is 0 Å². The van der Waals surface area contributed by atoms with E-state index in [1.165, 1.54) is 12.5 Å². The largest absolute Gasteiger partial charge is 0.368 e. The summed E-state index contributed by atoms with van der Waals surface area (Å²) in [5.74, 6) is 2.52. The van der Waals surface area contributed by atoms with Gasteiger partial charge < -0.3 is 16.0 Å². The molecule has 202 valence electrons. The summed E-state index contributed by atoms with van der Waals surface area (Å²) in [6, 6.07) is 11.4. The van der Waals surface area contributed by atoms with Gasteiger partial charge in [-0.05, 0) is 56.7 Å². The number of hydrogen-bond acceptors (Lipinski definition) is 6. The van der Waals surface area contributed by atoms with Gasteiger partial charge in [0, 0.05) is 36.7 Å². The summed E-state index contributed by atoms with van der Waals surface area (Å²) in [5, 5.41) is 9.78. The van der Waals surface area contributed by atoms with Crippen molar-refractivity contribution in [1.82, 2.24) is 20.2 Å². The molecule has 1 unspecified atom stereocenters. The van der Waals surface area contributed by atoms with Crippen molar-refractivity contribution in [2.45, 2.75) is 39.5 Å². The predicted octanol–water partition coefficient (Wildman–Crippen LogP) is 4.82. The lowest BCUT2D eigenvalue weighted by Crippen LogP contribution is -2.39. The molecule has 1 atom stereocenters. The number of anilines is 2. The zero-order valence-electron chi connectivity index (χ0n) is 22.2. The molecule has 38 heavy (non-hydrogen) atoms. The van der Waals surface area contributed by atoms with E-state index in [0.717, 1.165) is 49.4 Å². The van der Waals surface area contributed by atoms with E-state index in [0.29, 0.717) is 48.9 Å². The second-order valence-corrected chi connectivity index (χ2v) is 10.7. The molecule has 0 bridgehead atoms. The summed E-state index contributed by atoms with van der Waals surface area (Å²) in [5.41, 5.74) is 2.30. The molecule has 1 fully saturated rings. The van der Waals surface area contributed by atoms with Crippen LogP contribution < -0.4 is 16.0 Å². The van der Waals surface area contributed by atoms with E-state index in [-0.39, 0.29) is 11.8 Å². The maximum atomic E-state index is 12.9.